The van der Waals surface area contributed by atoms with Crippen molar-refractivity contribution in [1.82, 2.24) is 9.97 Å². The van der Waals surface area contributed by atoms with E-state index in [-0.39, 0.29) is 18.2 Å². The summed E-state index contributed by atoms with van der Waals surface area (Å²) in [4.78, 5) is 10.7. The van der Waals surface area contributed by atoms with E-state index in [9.17, 15) is 4.39 Å². The van der Waals surface area contributed by atoms with E-state index in [2.05, 4.69) is 14.9 Å². The maximum absolute atomic E-state index is 13.4. The highest BCUT2D eigenvalue weighted by Crippen LogP contribution is 2.27. The number of hydrogen-bond donors (Lipinski definition) is 1. The Hall–Kier alpha value is -1.46. The third kappa shape index (κ3) is 2.83. The van der Waals surface area contributed by atoms with Crippen LogP contribution in [0.3, 0.4) is 0 Å². The van der Waals surface area contributed by atoms with E-state index in [0.717, 1.165) is 49.2 Å². The zero-order valence-electron chi connectivity index (χ0n) is 11.1. The number of nitrogens with zero attached hydrogens (tertiary/aromatic N) is 3. The predicted molar refractivity (Wildman–Crippen MR) is 80.7 cm³/mol. The largest absolute Gasteiger partial charge is 0.356 e. The summed E-state index contributed by atoms with van der Waals surface area (Å²) < 4.78 is 13.4. The molecule has 6 heteroatoms. The maximum Gasteiger partial charge on any atom is 0.139 e. The quantitative estimate of drug-likeness (QED) is 0.924. The molecule has 2 N–H and O–H groups in total. The van der Waals surface area contributed by atoms with Crippen LogP contribution < -0.4 is 10.6 Å². The van der Waals surface area contributed by atoms with Crippen LogP contribution in [0, 0.1) is 11.7 Å². The van der Waals surface area contributed by atoms with Gasteiger partial charge in [-0.1, -0.05) is 0 Å². The number of fused-ring (bicyclic) bond motifs is 1. The molecule has 0 amide bonds. The van der Waals surface area contributed by atoms with E-state index in [1.807, 2.05) is 0 Å². The molecule has 1 aliphatic heterocycles. The first-order valence-corrected chi connectivity index (χ1v) is 6.63. The Labute approximate surface area is 123 Å². The molecule has 2 heterocycles. The lowest BCUT2D eigenvalue weighted by molar-refractivity contribution is 0.413. The average Bonchev–Trinajstić information content (AvgIpc) is 2.47. The van der Waals surface area contributed by atoms with Crippen molar-refractivity contribution in [2.24, 2.45) is 11.7 Å². The minimum Gasteiger partial charge on any atom is -0.356 e. The smallest absolute Gasteiger partial charge is 0.139 e. The van der Waals surface area contributed by atoms with Gasteiger partial charge in [-0.2, -0.15) is 0 Å². The predicted octanol–water partition coefficient (Wildman–Crippen LogP) is 2.37. The molecule has 1 fully saturated rings. The summed E-state index contributed by atoms with van der Waals surface area (Å²) in [5.74, 6) is 1.18. The lowest BCUT2D eigenvalue weighted by atomic mass is 9.97. The number of benzene rings is 1. The van der Waals surface area contributed by atoms with Gasteiger partial charge in [0, 0.05) is 18.5 Å². The topological polar surface area (TPSA) is 55.0 Å². The number of rotatable bonds is 2. The van der Waals surface area contributed by atoms with Gasteiger partial charge in [0.05, 0.1) is 5.52 Å². The Morgan fingerprint density at radius 1 is 1.25 bits per heavy atom. The summed E-state index contributed by atoms with van der Waals surface area (Å²) in [6, 6.07) is 4.64. The van der Waals surface area contributed by atoms with Gasteiger partial charge in [-0.3, -0.25) is 0 Å². The van der Waals surface area contributed by atoms with Crippen molar-refractivity contribution >= 4 is 29.1 Å². The number of aromatic nitrogens is 2. The van der Waals surface area contributed by atoms with Gasteiger partial charge >= 0.3 is 0 Å². The minimum absolute atomic E-state index is 0. The Morgan fingerprint density at radius 2 is 2.00 bits per heavy atom. The van der Waals surface area contributed by atoms with Gasteiger partial charge in [0.1, 0.15) is 18.0 Å². The first-order valence-electron chi connectivity index (χ1n) is 6.63. The number of nitrogens with two attached hydrogens (primary N) is 1. The fourth-order valence-electron chi connectivity index (χ4n) is 2.65. The second-order valence-electron chi connectivity index (χ2n) is 5.02. The minimum atomic E-state index is -0.250. The fraction of sp³-hybridized carbons (Fsp3) is 0.429. The average molecular weight is 297 g/mol. The molecule has 1 aromatic carbocycles. The summed E-state index contributed by atoms with van der Waals surface area (Å²) in [6.45, 7) is 2.59. The SMILES string of the molecule is Cl.NCC1CCN(c2ncnc3ccc(F)cc23)CC1. The van der Waals surface area contributed by atoms with Crippen LogP contribution in [0.2, 0.25) is 0 Å². The van der Waals surface area contributed by atoms with E-state index in [1.165, 1.54) is 12.1 Å². The highest BCUT2D eigenvalue weighted by atomic mass is 35.5. The van der Waals surface area contributed by atoms with Crippen LogP contribution in [0.5, 0.6) is 0 Å². The second-order valence-corrected chi connectivity index (χ2v) is 5.02. The molecule has 0 saturated carbocycles. The maximum atomic E-state index is 13.4. The van der Waals surface area contributed by atoms with Gasteiger partial charge in [-0.05, 0) is 43.5 Å². The molecule has 0 radical (unpaired) electrons. The summed E-state index contributed by atoms with van der Waals surface area (Å²) >= 11 is 0. The second kappa shape index (κ2) is 6.33. The Balaban J connectivity index is 0.00000147. The molecule has 1 aliphatic rings. The van der Waals surface area contributed by atoms with Crippen molar-refractivity contribution in [2.45, 2.75) is 12.8 Å². The molecule has 20 heavy (non-hydrogen) atoms. The Bertz CT molecular complexity index is 584. The number of anilines is 1. The first-order chi connectivity index (χ1) is 9.28. The third-order valence-electron chi connectivity index (χ3n) is 3.82. The summed E-state index contributed by atoms with van der Waals surface area (Å²) in [6.07, 6.45) is 3.68. The van der Waals surface area contributed by atoms with E-state index in [1.54, 1.807) is 12.4 Å². The third-order valence-corrected chi connectivity index (χ3v) is 3.82. The van der Waals surface area contributed by atoms with Crippen molar-refractivity contribution in [3.05, 3.63) is 30.3 Å². The Morgan fingerprint density at radius 3 is 2.70 bits per heavy atom. The van der Waals surface area contributed by atoms with Gasteiger partial charge in [0.2, 0.25) is 0 Å². The van der Waals surface area contributed by atoms with Gasteiger partial charge < -0.3 is 10.6 Å². The van der Waals surface area contributed by atoms with Crippen LogP contribution >= 0.6 is 12.4 Å². The van der Waals surface area contributed by atoms with E-state index in [0.29, 0.717) is 5.92 Å². The van der Waals surface area contributed by atoms with Crippen LogP contribution in [-0.2, 0) is 0 Å². The molecule has 2 aromatic rings. The molecule has 0 aliphatic carbocycles. The highest BCUT2D eigenvalue weighted by Gasteiger charge is 2.20. The van der Waals surface area contributed by atoms with Gasteiger partial charge in [-0.15, -0.1) is 12.4 Å². The zero-order valence-corrected chi connectivity index (χ0v) is 11.9. The van der Waals surface area contributed by atoms with E-state index in [4.69, 9.17) is 5.73 Å². The molecule has 108 valence electrons. The standard InChI is InChI=1S/C14H17FN4.ClH/c15-11-1-2-13-12(7-11)14(18-9-17-13)19-5-3-10(8-16)4-6-19;/h1-2,7,9-10H,3-6,8,16H2;1H. The van der Waals surface area contributed by atoms with Crippen LogP contribution in [0.4, 0.5) is 10.2 Å². The van der Waals surface area contributed by atoms with Crippen molar-refractivity contribution < 1.29 is 4.39 Å². The molecule has 0 unspecified atom stereocenters. The molecule has 0 atom stereocenters. The normalized spacial score (nSPS) is 16.2. The first kappa shape index (κ1) is 14.9. The van der Waals surface area contributed by atoms with Crippen molar-refractivity contribution in [3.8, 4) is 0 Å². The molecule has 4 nitrogen and oxygen atoms in total. The van der Waals surface area contributed by atoms with Crippen molar-refractivity contribution in [3.63, 3.8) is 0 Å². The molecule has 0 bridgehead atoms. The van der Waals surface area contributed by atoms with Crippen molar-refractivity contribution in [1.29, 1.82) is 0 Å². The van der Waals surface area contributed by atoms with Crippen molar-refractivity contribution in [2.75, 3.05) is 24.5 Å². The zero-order chi connectivity index (χ0) is 13.2. The number of hydrogen-bond acceptors (Lipinski definition) is 4. The van der Waals surface area contributed by atoms with E-state index >= 15 is 0 Å². The molecule has 1 aromatic heterocycles. The monoisotopic (exact) mass is 296 g/mol. The van der Waals surface area contributed by atoms with Crippen LogP contribution in [0.15, 0.2) is 24.5 Å². The van der Waals surface area contributed by atoms with E-state index < -0.39 is 0 Å². The highest BCUT2D eigenvalue weighted by molar-refractivity contribution is 5.89. The summed E-state index contributed by atoms with van der Waals surface area (Å²) in [5.41, 5.74) is 6.49. The fourth-order valence-corrected chi connectivity index (χ4v) is 2.65. The summed E-state index contributed by atoms with van der Waals surface area (Å²) in [7, 11) is 0. The lowest BCUT2D eigenvalue weighted by Gasteiger charge is -2.32. The van der Waals surface area contributed by atoms with Gasteiger partial charge in [0.25, 0.3) is 0 Å². The van der Waals surface area contributed by atoms with Gasteiger partial charge in [0.15, 0.2) is 0 Å². The molecule has 1 saturated heterocycles. The molecule has 3 rings (SSSR count). The van der Waals surface area contributed by atoms with Crippen LogP contribution in [-0.4, -0.2) is 29.6 Å². The van der Waals surface area contributed by atoms with Crippen LogP contribution in [0.1, 0.15) is 12.8 Å². The lowest BCUT2D eigenvalue weighted by Crippen LogP contribution is -2.36. The van der Waals surface area contributed by atoms with Crippen LogP contribution in [0.25, 0.3) is 10.9 Å². The molecule has 0 spiro atoms. The summed E-state index contributed by atoms with van der Waals surface area (Å²) in [5, 5.41) is 0.786. The number of piperidine rings is 1. The molecular weight excluding hydrogens is 279 g/mol. The number of halogens is 2. The van der Waals surface area contributed by atoms with Gasteiger partial charge in [-0.25, -0.2) is 14.4 Å². The Kier molecular flexibility index (Phi) is 4.73. The molecular formula is C14H18ClFN4.